The minimum Gasteiger partial charge on any atom is -0.369 e. The number of hydrogen-bond acceptors (Lipinski definition) is 2. The number of piperazine rings is 1. The maximum atomic E-state index is 5.98. The van der Waals surface area contributed by atoms with Crippen LogP contribution in [-0.4, -0.2) is 37.6 Å². The fraction of sp³-hybridized carbons (Fsp3) is 0.400. The van der Waals surface area contributed by atoms with Crippen LogP contribution in [0.3, 0.4) is 0 Å². The molecule has 0 unspecified atom stereocenters. The average molecular weight is 408 g/mol. The molecule has 2 atom stereocenters. The number of anilines is 1. The molecule has 2 aromatic carbocycles. The largest absolute Gasteiger partial charge is 0.369 e. The summed E-state index contributed by atoms with van der Waals surface area (Å²) in [5.74, 6) is 1.66. The summed E-state index contributed by atoms with van der Waals surface area (Å²) in [6, 6.07) is 19.2. The van der Waals surface area contributed by atoms with E-state index in [1.807, 2.05) is 12.1 Å². The minimum absolute atomic E-state index is 0. The van der Waals surface area contributed by atoms with Crippen molar-refractivity contribution in [2.24, 2.45) is 5.92 Å². The number of rotatable bonds is 4. The molecule has 2 nitrogen and oxygen atoms in total. The first-order valence-electron chi connectivity index (χ1n) is 8.57. The molecule has 2 aliphatic rings. The highest BCUT2D eigenvalue weighted by Crippen LogP contribution is 2.47. The van der Waals surface area contributed by atoms with Crippen molar-refractivity contribution >= 4 is 34.3 Å². The van der Waals surface area contributed by atoms with Gasteiger partial charge >= 0.3 is 0 Å². The first-order valence-corrected chi connectivity index (χ1v) is 8.95. The van der Waals surface area contributed by atoms with E-state index in [4.69, 9.17) is 11.6 Å². The number of hydrogen-bond donors (Lipinski definition) is 0. The fourth-order valence-electron chi connectivity index (χ4n) is 3.73. The van der Waals surface area contributed by atoms with Crippen LogP contribution in [0.25, 0.3) is 0 Å². The average Bonchev–Trinajstić information content (AvgIpc) is 3.36. The van der Waals surface area contributed by atoms with E-state index >= 15 is 0 Å². The Labute approximate surface area is 160 Å². The van der Waals surface area contributed by atoms with Crippen LogP contribution in [0.5, 0.6) is 0 Å². The second kappa shape index (κ2) is 7.90. The molecule has 128 valence electrons. The van der Waals surface area contributed by atoms with E-state index < -0.39 is 0 Å². The fourth-order valence-corrected chi connectivity index (χ4v) is 3.86. The van der Waals surface area contributed by atoms with Gasteiger partial charge < -0.3 is 4.90 Å². The number of benzene rings is 2. The Hall–Kier alpha value is -1.03. The third-order valence-corrected chi connectivity index (χ3v) is 5.46. The summed E-state index contributed by atoms with van der Waals surface area (Å²) in [7, 11) is 0. The van der Waals surface area contributed by atoms with Gasteiger partial charge in [0.25, 0.3) is 0 Å². The van der Waals surface area contributed by atoms with Crippen LogP contribution < -0.4 is 4.90 Å². The van der Waals surface area contributed by atoms with E-state index in [1.54, 1.807) is 0 Å². The van der Waals surface area contributed by atoms with Gasteiger partial charge in [0.1, 0.15) is 0 Å². The summed E-state index contributed by atoms with van der Waals surface area (Å²) in [4.78, 5) is 5.11. The number of halogens is 2. The quantitative estimate of drug-likeness (QED) is 0.715. The second-order valence-corrected chi connectivity index (χ2v) is 7.21. The molecule has 1 saturated carbocycles. The van der Waals surface area contributed by atoms with Crippen molar-refractivity contribution in [3.05, 3.63) is 65.2 Å². The Morgan fingerprint density at radius 3 is 2.21 bits per heavy atom. The van der Waals surface area contributed by atoms with Crippen molar-refractivity contribution in [3.63, 3.8) is 0 Å². The van der Waals surface area contributed by atoms with E-state index in [2.05, 4.69) is 52.3 Å². The SMILES string of the molecule is Br.Clc1ccc(N2CCN(C[C@H]3C[C@@H]3c3ccccc3)CC2)cc1. The zero-order valence-electron chi connectivity index (χ0n) is 13.8. The Balaban J connectivity index is 0.00000169. The smallest absolute Gasteiger partial charge is 0.0407 e. The van der Waals surface area contributed by atoms with Crippen molar-refractivity contribution in [3.8, 4) is 0 Å². The van der Waals surface area contributed by atoms with Gasteiger partial charge in [0.15, 0.2) is 0 Å². The molecule has 0 spiro atoms. The van der Waals surface area contributed by atoms with Gasteiger partial charge in [-0.1, -0.05) is 41.9 Å². The topological polar surface area (TPSA) is 6.48 Å². The van der Waals surface area contributed by atoms with Crippen LogP contribution in [0.4, 0.5) is 5.69 Å². The van der Waals surface area contributed by atoms with Crippen molar-refractivity contribution in [2.45, 2.75) is 12.3 Å². The third-order valence-electron chi connectivity index (χ3n) is 5.21. The van der Waals surface area contributed by atoms with Crippen molar-refractivity contribution in [1.82, 2.24) is 4.90 Å². The van der Waals surface area contributed by atoms with Gasteiger partial charge in [0, 0.05) is 43.4 Å². The van der Waals surface area contributed by atoms with Gasteiger partial charge in [0.05, 0.1) is 0 Å². The molecule has 4 heteroatoms. The molecule has 4 rings (SSSR count). The molecule has 24 heavy (non-hydrogen) atoms. The highest BCUT2D eigenvalue weighted by Gasteiger charge is 2.39. The Morgan fingerprint density at radius 2 is 1.54 bits per heavy atom. The highest BCUT2D eigenvalue weighted by molar-refractivity contribution is 8.93. The van der Waals surface area contributed by atoms with Crippen LogP contribution in [0.2, 0.25) is 5.02 Å². The second-order valence-electron chi connectivity index (χ2n) is 6.78. The summed E-state index contributed by atoms with van der Waals surface area (Å²) in [5, 5.41) is 0.813. The summed E-state index contributed by atoms with van der Waals surface area (Å²) in [6.07, 6.45) is 1.36. The van der Waals surface area contributed by atoms with E-state index in [1.165, 1.54) is 37.3 Å². The standard InChI is InChI=1S/C20H23ClN2.BrH/c21-18-6-8-19(9-7-18)23-12-10-22(11-13-23)15-17-14-20(17)16-4-2-1-3-5-16;/h1-9,17,20H,10-15H2;1H/t17-,20-;/m1./s1. The van der Waals surface area contributed by atoms with E-state index in [0.29, 0.717) is 0 Å². The zero-order valence-corrected chi connectivity index (χ0v) is 16.2. The molecular weight excluding hydrogens is 384 g/mol. The first kappa shape index (κ1) is 17.8. The maximum absolute atomic E-state index is 5.98. The molecule has 1 saturated heterocycles. The molecule has 0 aromatic heterocycles. The molecule has 0 amide bonds. The van der Waals surface area contributed by atoms with Crippen molar-refractivity contribution in [2.75, 3.05) is 37.6 Å². The Kier molecular flexibility index (Phi) is 5.85. The molecule has 2 fully saturated rings. The Bertz CT molecular complexity index is 638. The first-order chi connectivity index (χ1) is 11.3. The third kappa shape index (κ3) is 4.14. The monoisotopic (exact) mass is 406 g/mol. The zero-order chi connectivity index (χ0) is 15.6. The molecule has 0 N–H and O–H groups in total. The summed E-state index contributed by atoms with van der Waals surface area (Å²) < 4.78 is 0. The summed E-state index contributed by atoms with van der Waals surface area (Å²) >= 11 is 5.98. The maximum Gasteiger partial charge on any atom is 0.0407 e. The predicted molar refractivity (Wildman–Crippen MR) is 108 cm³/mol. The van der Waals surface area contributed by atoms with E-state index in [0.717, 1.165) is 29.9 Å². The van der Waals surface area contributed by atoms with Crippen molar-refractivity contribution < 1.29 is 0 Å². The van der Waals surface area contributed by atoms with E-state index in [-0.39, 0.29) is 17.0 Å². The molecule has 0 radical (unpaired) electrons. The minimum atomic E-state index is 0. The molecule has 2 aromatic rings. The van der Waals surface area contributed by atoms with Crippen LogP contribution in [0.15, 0.2) is 54.6 Å². The molecular formula is C20H24BrClN2. The van der Waals surface area contributed by atoms with Gasteiger partial charge in [-0.15, -0.1) is 17.0 Å². The van der Waals surface area contributed by atoms with Crippen LogP contribution in [0.1, 0.15) is 17.9 Å². The Morgan fingerprint density at radius 1 is 0.875 bits per heavy atom. The molecule has 1 heterocycles. The number of nitrogens with zero attached hydrogens (tertiary/aromatic N) is 2. The lowest BCUT2D eigenvalue weighted by Crippen LogP contribution is -2.47. The predicted octanol–water partition coefficient (Wildman–Crippen LogP) is 4.84. The van der Waals surface area contributed by atoms with Crippen molar-refractivity contribution in [1.29, 1.82) is 0 Å². The molecule has 1 aliphatic carbocycles. The lowest BCUT2D eigenvalue weighted by atomic mass is 10.1. The normalized spacial score (nSPS) is 23.6. The van der Waals surface area contributed by atoms with Gasteiger partial charge in [-0.3, -0.25) is 4.90 Å². The van der Waals surface area contributed by atoms with Crippen LogP contribution in [-0.2, 0) is 0 Å². The van der Waals surface area contributed by atoms with Crippen LogP contribution in [0, 0.1) is 5.92 Å². The van der Waals surface area contributed by atoms with Crippen LogP contribution >= 0.6 is 28.6 Å². The molecule has 0 bridgehead atoms. The molecule has 1 aliphatic heterocycles. The van der Waals surface area contributed by atoms with Gasteiger partial charge in [0.2, 0.25) is 0 Å². The summed E-state index contributed by atoms with van der Waals surface area (Å²) in [5.41, 5.74) is 2.82. The lowest BCUT2D eigenvalue weighted by molar-refractivity contribution is 0.246. The van der Waals surface area contributed by atoms with Gasteiger partial charge in [-0.05, 0) is 48.1 Å². The lowest BCUT2D eigenvalue weighted by Gasteiger charge is -2.36. The highest BCUT2D eigenvalue weighted by atomic mass is 79.9. The van der Waals surface area contributed by atoms with Gasteiger partial charge in [-0.25, -0.2) is 0 Å². The van der Waals surface area contributed by atoms with E-state index in [9.17, 15) is 0 Å². The summed E-state index contributed by atoms with van der Waals surface area (Å²) in [6.45, 7) is 5.82. The van der Waals surface area contributed by atoms with Gasteiger partial charge in [-0.2, -0.15) is 0 Å².